The molecule has 0 saturated carbocycles. The molecule has 4 aromatic carbocycles. The van der Waals surface area contributed by atoms with Crippen molar-refractivity contribution in [3.05, 3.63) is 179 Å². The fourth-order valence-corrected chi connectivity index (χ4v) is 10.9. The minimum Gasteiger partial charge on any atom is -0.493 e. The van der Waals surface area contributed by atoms with E-state index in [1.54, 1.807) is 38.4 Å². The number of halogens is 8. The van der Waals surface area contributed by atoms with E-state index in [0.717, 1.165) is 60.9 Å². The Balaban J connectivity index is 0.000000182. The summed E-state index contributed by atoms with van der Waals surface area (Å²) >= 11 is 0. The van der Waals surface area contributed by atoms with Crippen molar-refractivity contribution in [2.24, 2.45) is 14.1 Å². The number of fused-ring (bicyclic) bond motifs is 2. The van der Waals surface area contributed by atoms with Gasteiger partial charge in [-0.15, -0.1) is 0 Å². The largest absolute Gasteiger partial charge is 0.493 e. The maximum absolute atomic E-state index is 13.5. The first-order valence-corrected chi connectivity index (χ1v) is 25.2. The molecule has 14 nitrogen and oxygen atoms in total. The number of anilines is 2. The van der Waals surface area contributed by atoms with Gasteiger partial charge in [0, 0.05) is 97.2 Å². The number of aryl methyl sites for hydroxylation is 2. The summed E-state index contributed by atoms with van der Waals surface area (Å²) in [6.07, 6.45) is -2.81. The Morgan fingerprint density at radius 3 is 1.26 bits per heavy atom. The molecule has 0 saturated heterocycles. The summed E-state index contributed by atoms with van der Waals surface area (Å²) in [5.41, 5.74) is 2.77. The smallest absolute Gasteiger partial charge is 0.416 e. The molecule has 0 spiro atoms. The van der Waals surface area contributed by atoms with Crippen LogP contribution in [0.1, 0.15) is 58.1 Å². The molecule has 74 heavy (non-hydrogen) atoms. The van der Waals surface area contributed by atoms with Crippen LogP contribution >= 0.6 is 0 Å². The molecule has 2 N–H and O–H groups in total. The van der Waals surface area contributed by atoms with E-state index in [0.29, 0.717) is 69.1 Å². The second-order valence-corrected chi connectivity index (χ2v) is 20.4. The molecule has 0 fully saturated rings. The highest BCUT2D eigenvalue weighted by atomic mass is 32.2. The maximum atomic E-state index is 13.5. The van der Waals surface area contributed by atoms with E-state index in [-0.39, 0.29) is 46.5 Å². The molecule has 0 aliphatic carbocycles. The lowest BCUT2D eigenvalue weighted by molar-refractivity contribution is -0.138. The summed E-state index contributed by atoms with van der Waals surface area (Å²) < 4.78 is 179. The van der Waals surface area contributed by atoms with Gasteiger partial charge in [-0.3, -0.25) is 18.8 Å². The average Bonchev–Trinajstić information content (AvgIpc) is 3.99. The Morgan fingerprint density at radius 1 is 0.514 bits per heavy atom. The fourth-order valence-electron chi connectivity index (χ4n) is 8.83. The summed E-state index contributed by atoms with van der Waals surface area (Å²) in [7, 11) is -4.93. The standard InChI is InChI=1S/2C25H20F4N4O3S/c2*1-33-22(7-10-31-33)21-12-15(25(27,28)29)2-4-18(21)19-8-11-36-23-14-17(3-5-20(19)23)37(34,35)32-24-13-16(26)6-9-30-24/h2*2-7,9-10,12-14,19H,8,11H2,1H3,(H,30,32)/t2*19-/m10/s1. The quantitative estimate of drug-likeness (QED) is 0.126. The van der Waals surface area contributed by atoms with Gasteiger partial charge in [-0.2, -0.15) is 36.5 Å². The zero-order valence-electron chi connectivity index (χ0n) is 38.7. The Bertz CT molecular complexity index is 3410. The number of hydrogen-bond donors (Lipinski definition) is 2. The lowest BCUT2D eigenvalue weighted by Gasteiger charge is -2.28. The number of alkyl halides is 6. The van der Waals surface area contributed by atoms with Crippen LogP contribution in [0.4, 0.5) is 46.8 Å². The lowest BCUT2D eigenvalue weighted by Crippen LogP contribution is -2.19. The number of rotatable bonds is 10. The van der Waals surface area contributed by atoms with Crippen LogP contribution < -0.4 is 18.9 Å². The second-order valence-electron chi connectivity index (χ2n) is 17.0. The highest BCUT2D eigenvalue weighted by Crippen LogP contribution is 2.46. The van der Waals surface area contributed by atoms with E-state index in [2.05, 4.69) is 29.6 Å². The van der Waals surface area contributed by atoms with Crippen molar-refractivity contribution in [3.8, 4) is 34.0 Å². The highest BCUT2D eigenvalue weighted by Gasteiger charge is 2.36. The number of hydrogen-bond acceptors (Lipinski definition) is 10. The molecule has 0 amide bonds. The van der Waals surface area contributed by atoms with Crippen molar-refractivity contribution < 1.29 is 61.4 Å². The van der Waals surface area contributed by atoms with Gasteiger partial charge in [0.2, 0.25) is 0 Å². The molecule has 0 unspecified atom stereocenters. The molecular formula is C50H40F8N8O6S2. The summed E-state index contributed by atoms with van der Waals surface area (Å²) in [6.45, 7) is 0.456. The minimum absolute atomic E-state index is 0.128. The Kier molecular flexibility index (Phi) is 13.7. The summed E-state index contributed by atoms with van der Waals surface area (Å²) in [4.78, 5) is 7.36. The van der Waals surface area contributed by atoms with Gasteiger partial charge in [-0.05, 0) is 84.6 Å². The molecular weight excluding hydrogens is 1020 g/mol. The van der Waals surface area contributed by atoms with Crippen LogP contribution in [0.15, 0.2) is 144 Å². The molecule has 0 bridgehead atoms. The zero-order chi connectivity index (χ0) is 52.7. The van der Waals surface area contributed by atoms with Crippen LogP contribution in [-0.2, 0) is 46.5 Å². The summed E-state index contributed by atoms with van der Waals surface area (Å²) in [5, 5.41) is 8.20. The van der Waals surface area contributed by atoms with Crippen molar-refractivity contribution in [3.63, 3.8) is 0 Å². The van der Waals surface area contributed by atoms with E-state index >= 15 is 0 Å². The Labute approximate surface area is 417 Å². The van der Waals surface area contributed by atoms with E-state index < -0.39 is 55.2 Å². The van der Waals surface area contributed by atoms with E-state index in [4.69, 9.17) is 9.47 Å². The fraction of sp³-hybridized carbons (Fsp3) is 0.200. The minimum atomic E-state index is -4.52. The normalized spacial score (nSPS) is 15.6. The molecule has 4 aromatic heterocycles. The van der Waals surface area contributed by atoms with Crippen molar-refractivity contribution in [2.45, 2.75) is 46.8 Å². The molecule has 24 heteroatoms. The topological polar surface area (TPSA) is 172 Å². The van der Waals surface area contributed by atoms with Gasteiger partial charge in [0.15, 0.2) is 0 Å². The van der Waals surface area contributed by atoms with Crippen LogP contribution in [0.2, 0.25) is 0 Å². The van der Waals surface area contributed by atoms with E-state index in [9.17, 15) is 52.0 Å². The number of nitrogens with one attached hydrogen (secondary N) is 2. The number of aromatic nitrogens is 6. The highest BCUT2D eigenvalue weighted by molar-refractivity contribution is 7.93. The van der Waals surface area contributed by atoms with Crippen molar-refractivity contribution in [2.75, 3.05) is 22.7 Å². The summed E-state index contributed by atoms with van der Waals surface area (Å²) in [6, 6.07) is 23.2. The van der Waals surface area contributed by atoms with Gasteiger partial charge in [0.05, 0.1) is 45.5 Å². The van der Waals surface area contributed by atoms with Crippen LogP contribution in [0.5, 0.6) is 11.5 Å². The average molecular weight is 1070 g/mol. The first-order valence-electron chi connectivity index (χ1n) is 22.3. The molecule has 2 aliphatic rings. The van der Waals surface area contributed by atoms with Gasteiger partial charge in [0.25, 0.3) is 20.0 Å². The van der Waals surface area contributed by atoms with Gasteiger partial charge in [-0.25, -0.2) is 35.6 Å². The molecule has 6 heterocycles. The van der Waals surface area contributed by atoms with Gasteiger partial charge >= 0.3 is 12.4 Å². The van der Waals surface area contributed by atoms with Crippen LogP contribution in [-0.4, -0.2) is 59.6 Å². The number of ether oxygens (including phenoxy) is 2. The molecule has 2 aliphatic heterocycles. The molecule has 10 rings (SSSR count). The van der Waals surface area contributed by atoms with Gasteiger partial charge < -0.3 is 9.47 Å². The number of nitrogens with zero attached hydrogens (tertiary/aromatic N) is 6. The van der Waals surface area contributed by atoms with E-state index in [1.165, 1.54) is 58.2 Å². The van der Waals surface area contributed by atoms with Crippen LogP contribution in [0.25, 0.3) is 22.5 Å². The second kappa shape index (κ2) is 19.9. The Morgan fingerprint density at radius 2 is 0.905 bits per heavy atom. The molecule has 384 valence electrons. The monoisotopic (exact) mass is 1060 g/mol. The maximum Gasteiger partial charge on any atom is 0.416 e. The molecule has 0 radical (unpaired) electrons. The predicted molar refractivity (Wildman–Crippen MR) is 254 cm³/mol. The van der Waals surface area contributed by atoms with E-state index in [1.807, 2.05) is 0 Å². The first-order chi connectivity index (χ1) is 35.1. The predicted octanol–water partition coefficient (Wildman–Crippen LogP) is 10.7. The number of sulfonamides is 2. The summed E-state index contributed by atoms with van der Waals surface area (Å²) in [5.74, 6) is -1.78. The Hall–Kier alpha value is -7.86. The van der Waals surface area contributed by atoms with Crippen molar-refractivity contribution in [1.82, 2.24) is 29.5 Å². The number of pyridine rings is 2. The zero-order valence-corrected chi connectivity index (χ0v) is 40.3. The SMILES string of the molecule is Cn1nccc1-c1cc(C(F)(F)F)ccc1[C@@H]1CCOc2cc(S(=O)(=O)Nc3cc(F)ccn3)ccc21.Cn1nccc1-c1cc(C(F)(F)F)ccc1[C@H]1CCOc2cc(S(=O)(=O)Nc3cc(F)ccn3)ccc21. The number of benzene rings is 4. The van der Waals surface area contributed by atoms with Crippen molar-refractivity contribution in [1.29, 1.82) is 0 Å². The van der Waals surface area contributed by atoms with Crippen molar-refractivity contribution >= 4 is 31.7 Å². The van der Waals surface area contributed by atoms with Crippen LogP contribution in [0, 0.1) is 11.6 Å². The third-order valence-corrected chi connectivity index (χ3v) is 15.0. The van der Waals surface area contributed by atoms with Crippen LogP contribution in [0.3, 0.4) is 0 Å². The van der Waals surface area contributed by atoms with Gasteiger partial charge in [0.1, 0.15) is 34.8 Å². The van der Waals surface area contributed by atoms with Gasteiger partial charge in [-0.1, -0.05) is 24.3 Å². The lowest BCUT2D eigenvalue weighted by atomic mass is 9.83. The first kappa shape index (κ1) is 51.1. The molecule has 2 atom stereocenters. The third kappa shape index (κ3) is 10.8. The third-order valence-electron chi connectivity index (χ3n) is 12.3. The molecule has 8 aromatic rings.